The lowest BCUT2D eigenvalue weighted by atomic mass is 9.66. The first kappa shape index (κ1) is 27.7. The minimum absolute atomic E-state index is 0.395. The molecule has 0 radical (unpaired) electrons. The molecule has 3 aromatic rings. The molecular formula is C41H34N2. The molecule has 0 aromatic heterocycles. The quantitative estimate of drug-likeness (QED) is 0.304. The molecule has 2 N–H and O–H groups in total. The monoisotopic (exact) mass is 554 g/mol. The van der Waals surface area contributed by atoms with Crippen molar-refractivity contribution in [1.82, 2.24) is 0 Å². The number of benzene rings is 3. The van der Waals surface area contributed by atoms with Crippen molar-refractivity contribution in [2.45, 2.75) is 12.3 Å². The fourth-order valence-corrected chi connectivity index (χ4v) is 6.29. The topological polar surface area (TPSA) is 35.9 Å². The molecule has 0 amide bonds. The van der Waals surface area contributed by atoms with E-state index in [-0.39, 0.29) is 0 Å². The van der Waals surface area contributed by atoms with Gasteiger partial charge in [0.2, 0.25) is 0 Å². The minimum atomic E-state index is -0.709. The Morgan fingerprint density at radius 1 is 0.721 bits per heavy atom. The maximum atomic E-state index is 8.55. The molecule has 2 aliphatic carbocycles. The minimum Gasteiger partial charge on any atom is -0.355 e. The highest BCUT2D eigenvalue weighted by Gasteiger charge is 2.47. The van der Waals surface area contributed by atoms with E-state index >= 15 is 0 Å². The molecule has 1 atom stereocenters. The van der Waals surface area contributed by atoms with Gasteiger partial charge in [-0.2, -0.15) is 0 Å². The highest BCUT2D eigenvalue weighted by atomic mass is 14.9. The van der Waals surface area contributed by atoms with Crippen LogP contribution in [0.5, 0.6) is 0 Å². The lowest BCUT2D eigenvalue weighted by Crippen LogP contribution is -2.30. The van der Waals surface area contributed by atoms with Crippen molar-refractivity contribution in [3.63, 3.8) is 0 Å². The molecule has 6 rings (SSSR count). The number of allylic oxidation sites excluding steroid dienone is 18. The van der Waals surface area contributed by atoms with E-state index in [4.69, 9.17) is 12.0 Å². The van der Waals surface area contributed by atoms with Gasteiger partial charge in [0.1, 0.15) is 0 Å². The normalized spacial score (nSPS) is 24.5. The van der Waals surface area contributed by atoms with Crippen LogP contribution >= 0.6 is 0 Å². The van der Waals surface area contributed by atoms with Gasteiger partial charge in [0.15, 0.2) is 0 Å². The van der Waals surface area contributed by atoms with Crippen LogP contribution in [-0.4, -0.2) is 5.71 Å². The molecule has 0 saturated carbocycles. The third kappa shape index (κ3) is 4.87. The molecule has 1 spiro atoms. The summed E-state index contributed by atoms with van der Waals surface area (Å²) in [6.45, 7) is 10.8. The first-order chi connectivity index (χ1) is 21.1. The largest absolute Gasteiger partial charge is 0.355 e. The first-order valence-corrected chi connectivity index (χ1v) is 14.5. The number of hydrogen-bond acceptors (Lipinski definition) is 2. The summed E-state index contributed by atoms with van der Waals surface area (Å²) in [6, 6.07) is 23.3. The van der Waals surface area contributed by atoms with Crippen molar-refractivity contribution in [2.24, 2.45) is 0 Å². The zero-order valence-electron chi connectivity index (χ0n) is 24.3. The summed E-state index contributed by atoms with van der Waals surface area (Å²) in [5, 5.41) is 12.4. The van der Waals surface area contributed by atoms with E-state index in [0.29, 0.717) is 5.71 Å². The van der Waals surface area contributed by atoms with Crippen LogP contribution in [0.3, 0.4) is 0 Å². The van der Waals surface area contributed by atoms with Crippen LogP contribution in [0.4, 0.5) is 11.4 Å². The van der Waals surface area contributed by atoms with Gasteiger partial charge in [-0.05, 0) is 75.7 Å². The number of para-hydroxylation sites is 2. The van der Waals surface area contributed by atoms with Crippen LogP contribution in [0.2, 0.25) is 0 Å². The van der Waals surface area contributed by atoms with Gasteiger partial charge in [0, 0.05) is 16.9 Å². The van der Waals surface area contributed by atoms with Gasteiger partial charge in [-0.1, -0.05) is 141 Å². The van der Waals surface area contributed by atoms with Gasteiger partial charge in [0.05, 0.1) is 11.1 Å². The van der Waals surface area contributed by atoms with Crippen molar-refractivity contribution in [3.8, 4) is 0 Å². The van der Waals surface area contributed by atoms with Crippen LogP contribution in [0.1, 0.15) is 34.7 Å². The van der Waals surface area contributed by atoms with Crippen LogP contribution in [0.25, 0.3) is 11.1 Å². The van der Waals surface area contributed by atoms with E-state index in [1.807, 2.05) is 36.4 Å². The Hall–Kier alpha value is -5.47. The predicted octanol–water partition coefficient (Wildman–Crippen LogP) is 10.4. The smallest absolute Gasteiger partial charge is 0.0728 e. The SMILES string of the molecule is C=CC(=N)c1ccc2c(c1)C1=C(\C=C/C=C\C=C/C=C/C=C/1)C21C(=C)/C=C\C=C(/C)c2ccccc2Nc2ccccc21. The van der Waals surface area contributed by atoms with E-state index in [1.54, 1.807) is 6.08 Å². The average Bonchev–Trinajstić information content (AvgIpc) is 3.29. The molecule has 1 aliphatic heterocycles. The van der Waals surface area contributed by atoms with Gasteiger partial charge < -0.3 is 10.7 Å². The summed E-state index contributed by atoms with van der Waals surface area (Å²) in [5.41, 5.74) is 11.4. The Balaban J connectivity index is 1.74. The van der Waals surface area contributed by atoms with E-state index in [0.717, 1.165) is 55.9 Å². The molecule has 3 aliphatic rings. The number of anilines is 2. The van der Waals surface area contributed by atoms with Crippen molar-refractivity contribution in [3.05, 3.63) is 204 Å². The highest BCUT2D eigenvalue weighted by Crippen LogP contribution is 2.57. The maximum absolute atomic E-state index is 8.55. The second kappa shape index (κ2) is 11.8. The molecule has 2 heteroatoms. The average molecular weight is 555 g/mol. The fourth-order valence-electron chi connectivity index (χ4n) is 6.29. The van der Waals surface area contributed by atoms with Crippen LogP contribution in [-0.2, 0) is 5.41 Å². The maximum Gasteiger partial charge on any atom is 0.0728 e. The van der Waals surface area contributed by atoms with E-state index in [2.05, 4.69) is 128 Å². The molecule has 0 saturated heterocycles. The second-order valence-electron chi connectivity index (χ2n) is 10.8. The zero-order valence-corrected chi connectivity index (χ0v) is 24.3. The lowest BCUT2D eigenvalue weighted by molar-refractivity contribution is 0.765. The van der Waals surface area contributed by atoms with Crippen molar-refractivity contribution in [1.29, 1.82) is 5.41 Å². The Kier molecular flexibility index (Phi) is 7.59. The van der Waals surface area contributed by atoms with E-state index in [9.17, 15) is 0 Å². The van der Waals surface area contributed by atoms with Crippen molar-refractivity contribution < 1.29 is 0 Å². The molecule has 0 bridgehead atoms. The molecule has 1 heterocycles. The lowest BCUT2D eigenvalue weighted by Gasteiger charge is -2.37. The number of fused-ring (bicyclic) bond motifs is 7. The van der Waals surface area contributed by atoms with Gasteiger partial charge in [-0.3, -0.25) is 0 Å². The molecule has 208 valence electrons. The molecule has 2 nitrogen and oxygen atoms in total. The van der Waals surface area contributed by atoms with Gasteiger partial charge in [-0.15, -0.1) is 0 Å². The van der Waals surface area contributed by atoms with Crippen LogP contribution in [0, 0.1) is 5.41 Å². The molecule has 0 fully saturated rings. The number of rotatable bonds is 2. The third-order valence-electron chi connectivity index (χ3n) is 8.30. The Bertz CT molecular complexity index is 1900. The summed E-state index contributed by atoms with van der Waals surface area (Å²) in [4.78, 5) is 0. The van der Waals surface area contributed by atoms with Crippen LogP contribution < -0.4 is 5.32 Å². The molecule has 1 unspecified atom stereocenters. The summed E-state index contributed by atoms with van der Waals surface area (Å²) in [7, 11) is 0. The zero-order chi connectivity index (χ0) is 29.8. The Morgan fingerprint density at radius 2 is 1.40 bits per heavy atom. The first-order valence-electron chi connectivity index (χ1n) is 14.5. The summed E-state index contributed by atoms with van der Waals surface area (Å²) in [6.07, 6.45) is 28.8. The standard InChI is InChI=1S/C41H34N2/c1-4-38(42)31-26-27-36-34(28-31)33-21-11-9-7-5-6-8-10-12-22-35(33)41(36)30(3)19-17-18-29(2)32-20-13-15-24-39(32)43-40-25-16-14-23-37(40)41/h4-28,42-43H,1,3H2,2H3/b6-5-,7-5?,8-6?,9-7+,10-8-,11-9?,12-10?,19-17-,21-11+,22-12-,29-18+,33-21?,35-22?,42-38?. The number of nitrogens with one attached hydrogen (secondary N) is 2. The third-order valence-corrected chi connectivity index (χ3v) is 8.30. The predicted molar refractivity (Wildman–Crippen MR) is 185 cm³/mol. The van der Waals surface area contributed by atoms with Gasteiger partial charge in [0.25, 0.3) is 0 Å². The van der Waals surface area contributed by atoms with Gasteiger partial charge in [-0.25, -0.2) is 0 Å². The second-order valence-corrected chi connectivity index (χ2v) is 10.8. The summed E-state index contributed by atoms with van der Waals surface area (Å²) < 4.78 is 0. The highest BCUT2D eigenvalue weighted by molar-refractivity contribution is 6.07. The van der Waals surface area contributed by atoms with Gasteiger partial charge >= 0.3 is 0 Å². The van der Waals surface area contributed by atoms with Crippen molar-refractivity contribution >= 4 is 28.2 Å². The van der Waals surface area contributed by atoms with E-state index < -0.39 is 5.41 Å². The summed E-state index contributed by atoms with van der Waals surface area (Å²) in [5.74, 6) is 0. The van der Waals surface area contributed by atoms with E-state index in [1.165, 1.54) is 5.57 Å². The fraction of sp³-hybridized carbons (Fsp3) is 0.0488. The molecule has 3 aromatic carbocycles. The summed E-state index contributed by atoms with van der Waals surface area (Å²) >= 11 is 0. The Morgan fingerprint density at radius 3 is 2.16 bits per heavy atom. The molecular weight excluding hydrogens is 520 g/mol. The Labute approximate surface area is 254 Å². The number of hydrogen-bond donors (Lipinski definition) is 2. The van der Waals surface area contributed by atoms with Crippen LogP contribution in [0.15, 0.2) is 176 Å². The van der Waals surface area contributed by atoms with Crippen molar-refractivity contribution in [2.75, 3.05) is 5.32 Å². The molecule has 43 heavy (non-hydrogen) atoms.